The average Bonchev–Trinajstić information content (AvgIpc) is 2.41. The summed E-state index contributed by atoms with van der Waals surface area (Å²) in [6.45, 7) is 10.3. The molecule has 1 saturated heterocycles. The fourth-order valence-electron chi connectivity index (χ4n) is 1.82. The lowest BCUT2D eigenvalue weighted by molar-refractivity contribution is 0.0258. The van der Waals surface area contributed by atoms with Crippen LogP contribution in [0.25, 0.3) is 0 Å². The first-order valence-electron chi connectivity index (χ1n) is 6.18. The highest BCUT2D eigenvalue weighted by Gasteiger charge is 2.24. The number of carbonyl (C=O) groups excluding carboxylic acids is 1. The summed E-state index contributed by atoms with van der Waals surface area (Å²) in [5.41, 5.74) is -0.404. The Morgan fingerprint density at radius 2 is 1.89 bits per heavy atom. The molecular weight excluding hydrogens is 364 g/mol. The van der Waals surface area contributed by atoms with Gasteiger partial charge in [-0.15, -0.1) is 17.0 Å². The van der Waals surface area contributed by atoms with Crippen molar-refractivity contribution in [1.82, 2.24) is 9.80 Å². The Morgan fingerprint density at radius 3 is 2.44 bits per heavy atom. The van der Waals surface area contributed by atoms with E-state index in [1.54, 1.807) is 0 Å². The van der Waals surface area contributed by atoms with Gasteiger partial charge in [0.2, 0.25) is 0 Å². The molecule has 0 aromatic heterocycles. The van der Waals surface area contributed by atoms with Gasteiger partial charge in [0.15, 0.2) is 0 Å². The van der Waals surface area contributed by atoms with Crippen LogP contribution in [0.2, 0.25) is 0 Å². The molecule has 0 saturated carbocycles. The number of halogens is 2. The van der Waals surface area contributed by atoms with Crippen molar-refractivity contribution in [3.05, 3.63) is 0 Å². The molecule has 1 aliphatic heterocycles. The highest BCUT2D eigenvalue weighted by Crippen LogP contribution is 2.12. The Morgan fingerprint density at radius 1 is 1.22 bits per heavy atom. The van der Waals surface area contributed by atoms with E-state index in [-0.39, 0.29) is 23.1 Å². The van der Waals surface area contributed by atoms with Crippen molar-refractivity contribution in [2.75, 3.05) is 38.1 Å². The molecule has 0 aromatic rings. The van der Waals surface area contributed by atoms with E-state index >= 15 is 0 Å². The zero-order chi connectivity index (χ0) is 12.9. The van der Waals surface area contributed by atoms with Gasteiger partial charge in [-0.1, -0.05) is 15.9 Å². The fourth-order valence-corrected chi connectivity index (χ4v) is 2.32. The number of alkyl halides is 1. The maximum Gasteiger partial charge on any atom is 0.410 e. The van der Waals surface area contributed by atoms with Crippen LogP contribution in [0.4, 0.5) is 4.79 Å². The van der Waals surface area contributed by atoms with Gasteiger partial charge in [-0.2, -0.15) is 0 Å². The molecule has 4 nitrogen and oxygen atoms in total. The summed E-state index contributed by atoms with van der Waals surface area (Å²) in [4.78, 5) is 16.1. The molecule has 0 unspecified atom stereocenters. The summed E-state index contributed by atoms with van der Waals surface area (Å²) >= 11 is 3.45. The highest BCUT2D eigenvalue weighted by molar-refractivity contribution is 9.09. The Hall–Kier alpha value is 0.190. The van der Waals surface area contributed by atoms with Gasteiger partial charge >= 0.3 is 6.09 Å². The molecule has 1 fully saturated rings. The summed E-state index contributed by atoms with van der Waals surface area (Å²) in [5, 5.41) is 0.986. The van der Waals surface area contributed by atoms with Crippen molar-refractivity contribution in [2.24, 2.45) is 0 Å². The molecule has 0 spiro atoms. The average molecular weight is 388 g/mol. The van der Waals surface area contributed by atoms with Gasteiger partial charge < -0.3 is 14.5 Å². The number of carbonyl (C=O) groups is 1. The third-order valence-electron chi connectivity index (χ3n) is 2.64. The number of hydrogen-bond donors (Lipinski definition) is 0. The highest BCUT2D eigenvalue weighted by atomic mass is 79.9. The molecule has 0 radical (unpaired) electrons. The monoisotopic (exact) mass is 386 g/mol. The van der Waals surface area contributed by atoms with E-state index in [2.05, 4.69) is 20.8 Å². The lowest BCUT2D eigenvalue weighted by Gasteiger charge is -2.26. The van der Waals surface area contributed by atoms with E-state index in [0.29, 0.717) is 0 Å². The minimum Gasteiger partial charge on any atom is -0.444 e. The first kappa shape index (κ1) is 18.2. The van der Waals surface area contributed by atoms with Gasteiger partial charge in [0.25, 0.3) is 0 Å². The zero-order valence-corrected chi connectivity index (χ0v) is 14.7. The maximum atomic E-state index is 11.9. The van der Waals surface area contributed by atoms with Crippen LogP contribution in [-0.4, -0.2) is 59.5 Å². The lowest BCUT2D eigenvalue weighted by Crippen LogP contribution is -2.39. The summed E-state index contributed by atoms with van der Waals surface area (Å²) in [6.07, 6.45) is 0.838. The Balaban J connectivity index is 0.00000289. The first-order chi connectivity index (χ1) is 7.92. The summed E-state index contributed by atoms with van der Waals surface area (Å²) in [7, 11) is 0. The second-order valence-electron chi connectivity index (χ2n) is 5.35. The van der Waals surface area contributed by atoms with E-state index in [1.165, 1.54) is 0 Å². The van der Waals surface area contributed by atoms with Crippen LogP contribution in [0, 0.1) is 0 Å². The smallest absolute Gasteiger partial charge is 0.410 e. The standard InChI is InChI=1S/C12H23BrN2O2.BrH/c1-12(2,3)17-11(16)15-7-4-6-14(8-5-13)9-10-15;/h4-10H2,1-3H3;1H. The molecule has 1 rings (SSSR count). The van der Waals surface area contributed by atoms with Crippen LogP contribution in [0.5, 0.6) is 0 Å². The van der Waals surface area contributed by atoms with Gasteiger partial charge in [-0.3, -0.25) is 0 Å². The van der Waals surface area contributed by atoms with Crippen LogP contribution in [0.15, 0.2) is 0 Å². The van der Waals surface area contributed by atoms with E-state index in [1.807, 2.05) is 25.7 Å². The molecule has 0 N–H and O–H groups in total. The maximum absolute atomic E-state index is 11.9. The van der Waals surface area contributed by atoms with Crippen LogP contribution < -0.4 is 0 Å². The predicted molar refractivity (Wildman–Crippen MR) is 83.0 cm³/mol. The van der Waals surface area contributed by atoms with Crippen LogP contribution in [0.3, 0.4) is 0 Å². The Labute approximate surface area is 129 Å². The third-order valence-corrected chi connectivity index (χ3v) is 3.00. The Kier molecular flexibility index (Phi) is 8.47. The molecule has 1 amide bonds. The number of nitrogens with zero attached hydrogens (tertiary/aromatic N) is 2. The van der Waals surface area contributed by atoms with Crippen molar-refractivity contribution < 1.29 is 9.53 Å². The van der Waals surface area contributed by atoms with E-state index in [4.69, 9.17) is 4.74 Å². The molecule has 1 heterocycles. The number of hydrogen-bond acceptors (Lipinski definition) is 3. The SMILES string of the molecule is Br.CC(C)(C)OC(=O)N1CCCN(CCBr)CC1. The number of amides is 1. The van der Waals surface area contributed by atoms with Gasteiger partial charge in [0, 0.05) is 31.5 Å². The molecule has 1 aliphatic rings. The summed E-state index contributed by atoms with van der Waals surface area (Å²) in [5.74, 6) is 0. The van der Waals surface area contributed by atoms with Gasteiger partial charge in [0.1, 0.15) is 5.60 Å². The molecule has 0 aromatic carbocycles. The van der Waals surface area contributed by atoms with Crippen molar-refractivity contribution in [3.63, 3.8) is 0 Å². The van der Waals surface area contributed by atoms with Crippen molar-refractivity contribution in [1.29, 1.82) is 0 Å². The third kappa shape index (κ3) is 6.95. The Bertz CT molecular complexity index is 257. The van der Waals surface area contributed by atoms with Gasteiger partial charge in [-0.25, -0.2) is 4.79 Å². The first-order valence-corrected chi connectivity index (χ1v) is 7.31. The van der Waals surface area contributed by atoms with Gasteiger partial charge in [0.05, 0.1) is 0 Å². The van der Waals surface area contributed by atoms with E-state index in [9.17, 15) is 4.79 Å². The number of rotatable bonds is 2. The summed E-state index contributed by atoms with van der Waals surface area (Å²) in [6, 6.07) is 0. The molecule has 0 aliphatic carbocycles. The molecule has 108 valence electrons. The van der Waals surface area contributed by atoms with Crippen molar-refractivity contribution >= 4 is 39.0 Å². The second kappa shape index (κ2) is 8.38. The number of ether oxygens (including phenoxy) is 1. The molecule has 6 heteroatoms. The molecule has 18 heavy (non-hydrogen) atoms. The van der Waals surface area contributed by atoms with Crippen molar-refractivity contribution in [3.8, 4) is 0 Å². The molecular formula is C12H24Br2N2O2. The molecule has 0 bridgehead atoms. The second-order valence-corrected chi connectivity index (χ2v) is 6.14. The largest absolute Gasteiger partial charge is 0.444 e. The van der Waals surface area contributed by atoms with E-state index in [0.717, 1.165) is 44.5 Å². The van der Waals surface area contributed by atoms with Crippen LogP contribution in [0.1, 0.15) is 27.2 Å². The molecule has 0 atom stereocenters. The normalized spacial score (nSPS) is 17.9. The minimum atomic E-state index is -0.404. The fraction of sp³-hybridized carbons (Fsp3) is 0.917. The lowest BCUT2D eigenvalue weighted by atomic mass is 10.2. The quantitative estimate of drug-likeness (QED) is 0.683. The van der Waals surface area contributed by atoms with Gasteiger partial charge in [-0.05, 0) is 33.7 Å². The van der Waals surface area contributed by atoms with Crippen molar-refractivity contribution in [2.45, 2.75) is 32.8 Å². The minimum absolute atomic E-state index is 0. The topological polar surface area (TPSA) is 32.8 Å². The predicted octanol–water partition coefficient (Wildman–Crippen LogP) is 2.90. The van der Waals surface area contributed by atoms with Crippen LogP contribution in [-0.2, 0) is 4.74 Å². The summed E-state index contributed by atoms with van der Waals surface area (Å²) < 4.78 is 5.39. The van der Waals surface area contributed by atoms with E-state index < -0.39 is 5.60 Å². The van der Waals surface area contributed by atoms with Crippen LogP contribution >= 0.6 is 32.9 Å². The zero-order valence-electron chi connectivity index (χ0n) is 11.4.